The second kappa shape index (κ2) is 5.82. The Morgan fingerprint density at radius 3 is 2.68 bits per heavy atom. The van der Waals surface area contributed by atoms with E-state index in [2.05, 4.69) is 39.1 Å². The van der Waals surface area contributed by atoms with Crippen molar-refractivity contribution in [3.05, 3.63) is 34.9 Å². The standard InChI is InChI=1S/C16H24ClNO/c1-11-15(12-6-5-7-13(17)10-12)19-9-8-14(18-11)16(2,3)4/h5-7,10-11,14-15,18H,8-9H2,1-4H3. The van der Waals surface area contributed by atoms with Gasteiger partial charge in [0.2, 0.25) is 0 Å². The Morgan fingerprint density at radius 1 is 1.32 bits per heavy atom. The molecule has 1 aromatic carbocycles. The van der Waals surface area contributed by atoms with E-state index in [1.807, 2.05) is 18.2 Å². The van der Waals surface area contributed by atoms with Crippen LogP contribution in [0, 0.1) is 5.41 Å². The van der Waals surface area contributed by atoms with Gasteiger partial charge in [0, 0.05) is 23.7 Å². The van der Waals surface area contributed by atoms with Crippen LogP contribution in [0.5, 0.6) is 0 Å². The van der Waals surface area contributed by atoms with Crippen LogP contribution >= 0.6 is 11.6 Å². The maximum absolute atomic E-state index is 6.08. The van der Waals surface area contributed by atoms with Gasteiger partial charge in [-0.25, -0.2) is 0 Å². The molecule has 0 bridgehead atoms. The molecule has 2 nitrogen and oxygen atoms in total. The van der Waals surface area contributed by atoms with Crippen molar-refractivity contribution in [1.82, 2.24) is 5.32 Å². The number of halogens is 1. The molecule has 3 atom stereocenters. The quantitative estimate of drug-likeness (QED) is 0.833. The van der Waals surface area contributed by atoms with Crippen LogP contribution in [0.2, 0.25) is 5.02 Å². The van der Waals surface area contributed by atoms with E-state index < -0.39 is 0 Å². The van der Waals surface area contributed by atoms with Crippen molar-refractivity contribution in [2.75, 3.05) is 6.61 Å². The van der Waals surface area contributed by atoms with E-state index in [0.29, 0.717) is 6.04 Å². The van der Waals surface area contributed by atoms with Gasteiger partial charge in [0.25, 0.3) is 0 Å². The fourth-order valence-corrected chi connectivity index (χ4v) is 2.90. The lowest BCUT2D eigenvalue weighted by Crippen LogP contribution is -2.45. The number of rotatable bonds is 1. The van der Waals surface area contributed by atoms with Crippen LogP contribution in [0.25, 0.3) is 0 Å². The third kappa shape index (κ3) is 3.71. The minimum absolute atomic E-state index is 0.0750. The summed E-state index contributed by atoms with van der Waals surface area (Å²) in [5, 5.41) is 4.49. The van der Waals surface area contributed by atoms with Crippen LogP contribution in [0.1, 0.15) is 45.8 Å². The summed E-state index contributed by atoms with van der Waals surface area (Å²) in [6, 6.07) is 8.74. The first-order chi connectivity index (χ1) is 8.88. The molecule has 3 heteroatoms. The SMILES string of the molecule is CC1NC(C(C)(C)C)CCOC1c1cccc(Cl)c1. The minimum atomic E-state index is 0.0750. The largest absolute Gasteiger partial charge is 0.372 e. The lowest BCUT2D eigenvalue weighted by Gasteiger charge is -2.33. The average Bonchev–Trinajstić information content (AvgIpc) is 2.50. The van der Waals surface area contributed by atoms with Crippen LogP contribution in [-0.4, -0.2) is 18.7 Å². The number of hydrogen-bond donors (Lipinski definition) is 1. The van der Waals surface area contributed by atoms with Crippen molar-refractivity contribution in [2.45, 2.75) is 52.3 Å². The van der Waals surface area contributed by atoms with E-state index in [4.69, 9.17) is 16.3 Å². The van der Waals surface area contributed by atoms with Crippen LogP contribution in [-0.2, 0) is 4.74 Å². The molecule has 106 valence electrons. The van der Waals surface area contributed by atoms with Crippen molar-refractivity contribution in [2.24, 2.45) is 5.41 Å². The summed E-state index contributed by atoms with van der Waals surface area (Å²) >= 11 is 6.08. The second-order valence-corrected chi connectivity index (χ2v) is 6.95. The van der Waals surface area contributed by atoms with E-state index in [1.54, 1.807) is 0 Å². The highest BCUT2D eigenvalue weighted by Gasteiger charge is 2.32. The molecule has 0 amide bonds. The minimum Gasteiger partial charge on any atom is -0.372 e. The van der Waals surface area contributed by atoms with Crippen LogP contribution in [0.15, 0.2) is 24.3 Å². The maximum atomic E-state index is 6.08. The van der Waals surface area contributed by atoms with Crippen molar-refractivity contribution < 1.29 is 4.74 Å². The van der Waals surface area contributed by atoms with Gasteiger partial charge in [-0.15, -0.1) is 0 Å². The van der Waals surface area contributed by atoms with Gasteiger partial charge in [0.15, 0.2) is 0 Å². The topological polar surface area (TPSA) is 21.3 Å². The molecule has 2 rings (SSSR count). The third-order valence-corrected chi connectivity index (χ3v) is 4.08. The lowest BCUT2D eigenvalue weighted by atomic mass is 9.84. The zero-order valence-corrected chi connectivity index (χ0v) is 13.0. The molecule has 0 radical (unpaired) electrons. The van der Waals surface area contributed by atoms with E-state index in [-0.39, 0.29) is 17.6 Å². The monoisotopic (exact) mass is 281 g/mol. The number of ether oxygens (including phenoxy) is 1. The van der Waals surface area contributed by atoms with E-state index in [9.17, 15) is 0 Å². The highest BCUT2D eigenvalue weighted by molar-refractivity contribution is 6.30. The number of nitrogens with one attached hydrogen (secondary N) is 1. The zero-order chi connectivity index (χ0) is 14.0. The van der Waals surface area contributed by atoms with Gasteiger partial charge < -0.3 is 10.1 Å². The van der Waals surface area contributed by atoms with Gasteiger partial charge in [-0.3, -0.25) is 0 Å². The predicted molar refractivity (Wildman–Crippen MR) is 80.6 cm³/mol. The first-order valence-electron chi connectivity index (χ1n) is 7.01. The summed E-state index contributed by atoms with van der Waals surface area (Å²) in [6.45, 7) is 9.80. The highest BCUT2D eigenvalue weighted by atomic mass is 35.5. The summed E-state index contributed by atoms with van der Waals surface area (Å²) in [6.07, 6.45) is 1.12. The van der Waals surface area contributed by atoms with Crippen LogP contribution in [0.4, 0.5) is 0 Å². The fourth-order valence-electron chi connectivity index (χ4n) is 2.70. The Hall–Kier alpha value is -0.570. The first-order valence-corrected chi connectivity index (χ1v) is 7.39. The Bertz CT molecular complexity index is 427. The van der Waals surface area contributed by atoms with E-state index in [1.165, 1.54) is 0 Å². The Balaban J connectivity index is 2.16. The summed E-state index contributed by atoms with van der Waals surface area (Å²) in [4.78, 5) is 0. The van der Waals surface area contributed by atoms with Gasteiger partial charge in [-0.1, -0.05) is 44.5 Å². The highest BCUT2D eigenvalue weighted by Crippen LogP contribution is 2.31. The lowest BCUT2D eigenvalue weighted by molar-refractivity contribution is 0.0460. The molecular weight excluding hydrogens is 258 g/mol. The zero-order valence-electron chi connectivity index (χ0n) is 12.2. The molecule has 1 aliphatic rings. The Morgan fingerprint density at radius 2 is 2.05 bits per heavy atom. The molecule has 1 aliphatic heterocycles. The second-order valence-electron chi connectivity index (χ2n) is 6.51. The van der Waals surface area contributed by atoms with Crippen molar-refractivity contribution in [1.29, 1.82) is 0 Å². The smallest absolute Gasteiger partial charge is 0.0975 e. The van der Waals surface area contributed by atoms with Crippen LogP contribution < -0.4 is 5.32 Å². The van der Waals surface area contributed by atoms with E-state index >= 15 is 0 Å². The molecule has 1 N–H and O–H groups in total. The van der Waals surface area contributed by atoms with Crippen molar-refractivity contribution in [3.8, 4) is 0 Å². The van der Waals surface area contributed by atoms with Crippen LogP contribution in [0.3, 0.4) is 0 Å². The number of hydrogen-bond acceptors (Lipinski definition) is 2. The van der Waals surface area contributed by atoms with Gasteiger partial charge in [0.1, 0.15) is 0 Å². The molecule has 1 aromatic rings. The molecule has 1 saturated heterocycles. The number of benzene rings is 1. The van der Waals surface area contributed by atoms with E-state index in [0.717, 1.165) is 23.6 Å². The van der Waals surface area contributed by atoms with Crippen molar-refractivity contribution >= 4 is 11.6 Å². The molecule has 0 aliphatic carbocycles. The molecule has 19 heavy (non-hydrogen) atoms. The molecule has 1 fully saturated rings. The average molecular weight is 282 g/mol. The molecule has 1 heterocycles. The maximum Gasteiger partial charge on any atom is 0.0975 e. The van der Waals surface area contributed by atoms with Gasteiger partial charge in [-0.05, 0) is 36.5 Å². The molecule has 3 unspecified atom stereocenters. The molecule has 0 saturated carbocycles. The van der Waals surface area contributed by atoms with Gasteiger partial charge in [0.05, 0.1) is 6.10 Å². The fraction of sp³-hybridized carbons (Fsp3) is 0.625. The summed E-state index contributed by atoms with van der Waals surface area (Å²) in [7, 11) is 0. The summed E-state index contributed by atoms with van der Waals surface area (Å²) in [5.74, 6) is 0. The normalized spacial score (nSPS) is 29.0. The van der Waals surface area contributed by atoms with Gasteiger partial charge in [-0.2, -0.15) is 0 Å². The third-order valence-electron chi connectivity index (χ3n) is 3.84. The Labute approximate surface area is 121 Å². The molecule has 0 aromatic heterocycles. The summed E-state index contributed by atoms with van der Waals surface area (Å²) in [5.41, 5.74) is 1.41. The summed E-state index contributed by atoms with van der Waals surface area (Å²) < 4.78 is 6.06. The molecule has 0 spiro atoms. The Kier molecular flexibility index (Phi) is 4.54. The molecular formula is C16H24ClNO. The van der Waals surface area contributed by atoms with Gasteiger partial charge >= 0.3 is 0 Å². The first kappa shape index (κ1) is 14.8. The van der Waals surface area contributed by atoms with Crippen molar-refractivity contribution in [3.63, 3.8) is 0 Å². The predicted octanol–water partition coefficient (Wildman–Crippen LogP) is 4.19.